The van der Waals surface area contributed by atoms with Crippen molar-refractivity contribution >= 4 is 23.0 Å². The fourth-order valence-corrected chi connectivity index (χ4v) is 2.56. The monoisotopic (exact) mass is 266 g/mol. The molecule has 0 aliphatic heterocycles. The molecule has 100 valence electrons. The van der Waals surface area contributed by atoms with Crippen LogP contribution in [0.4, 0.5) is 11.4 Å². The number of nitro groups is 1. The number of rotatable bonds is 2. The van der Waals surface area contributed by atoms with Gasteiger partial charge in [-0.15, -0.1) is 0 Å². The summed E-state index contributed by atoms with van der Waals surface area (Å²) in [4.78, 5) is 10.2. The number of nitrogen functional groups attached to an aromatic ring is 1. The molecule has 0 radical (unpaired) electrons. The van der Waals surface area contributed by atoms with E-state index in [0.29, 0.717) is 0 Å². The Bertz CT molecular complexity index is 703. The Hall–Kier alpha value is -2.62. The fraction of sp³-hybridized carbons (Fsp3) is 0.125. The fourth-order valence-electron chi connectivity index (χ4n) is 2.56. The summed E-state index contributed by atoms with van der Waals surface area (Å²) in [6, 6.07) is 12.6. The molecule has 0 spiro atoms. The molecule has 0 heterocycles. The summed E-state index contributed by atoms with van der Waals surface area (Å²) in [6.07, 6.45) is 4.08. The van der Waals surface area contributed by atoms with Gasteiger partial charge in [0.15, 0.2) is 0 Å². The molecular weight excluding hydrogens is 252 g/mol. The van der Waals surface area contributed by atoms with E-state index < -0.39 is 0 Å². The highest BCUT2D eigenvalue weighted by Crippen LogP contribution is 2.34. The summed E-state index contributed by atoms with van der Waals surface area (Å²) in [5.41, 5.74) is 11.4. The lowest BCUT2D eigenvalue weighted by Crippen LogP contribution is -1.88. The van der Waals surface area contributed by atoms with E-state index in [0.717, 1.165) is 24.1 Å². The zero-order valence-corrected chi connectivity index (χ0v) is 10.9. The highest BCUT2D eigenvalue weighted by molar-refractivity contribution is 5.86. The Kier molecular flexibility index (Phi) is 2.99. The number of hydrogen-bond acceptors (Lipinski definition) is 3. The van der Waals surface area contributed by atoms with E-state index in [9.17, 15) is 10.1 Å². The normalized spacial score (nSPS) is 15.3. The van der Waals surface area contributed by atoms with E-state index in [2.05, 4.69) is 12.1 Å². The molecule has 0 fully saturated rings. The molecule has 4 heteroatoms. The molecule has 0 unspecified atom stereocenters. The van der Waals surface area contributed by atoms with Crippen molar-refractivity contribution in [2.24, 2.45) is 0 Å². The zero-order valence-electron chi connectivity index (χ0n) is 10.9. The van der Waals surface area contributed by atoms with Gasteiger partial charge in [0.1, 0.15) is 0 Å². The van der Waals surface area contributed by atoms with Crippen molar-refractivity contribution in [3.8, 4) is 0 Å². The maximum atomic E-state index is 10.6. The summed E-state index contributed by atoms with van der Waals surface area (Å²) in [7, 11) is 0. The molecular formula is C16H14N2O2. The molecule has 2 N–H and O–H groups in total. The van der Waals surface area contributed by atoms with Crippen molar-refractivity contribution in [1.29, 1.82) is 0 Å². The molecule has 0 saturated carbocycles. The second kappa shape index (κ2) is 4.81. The number of non-ortho nitro benzene ring substituents is 1. The smallest absolute Gasteiger partial charge is 0.269 e. The molecule has 0 atom stereocenters. The van der Waals surface area contributed by atoms with Gasteiger partial charge in [-0.25, -0.2) is 0 Å². The van der Waals surface area contributed by atoms with E-state index in [1.165, 1.54) is 28.8 Å². The number of anilines is 1. The quantitative estimate of drug-likeness (QED) is 0.512. The molecule has 4 nitrogen and oxygen atoms in total. The van der Waals surface area contributed by atoms with Crippen molar-refractivity contribution in [3.63, 3.8) is 0 Å². The highest BCUT2D eigenvalue weighted by atomic mass is 16.6. The van der Waals surface area contributed by atoms with E-state index in [-0.39, 0.29) is 10.6 Å². The van der Waals surface area contributed by atoms with Crippen LogP contribution in [0, 0.1) is 10.1 Å². The first kappa shape index (κ1) is 12.4. The maximum Gasteiger partial charge on any atom is 0.269 e. The topological polar surface area (TPSA) is 69.2 Å². The summed E-state index contributed by atoms with van der Waals surface area (Å²) in [5.74, 6) is 0. The number of benzene rings is 2. The largest absolute Gasteiger partial charge is 0.399 e. The van der Waals surface area contributed by atoms with Crippen LogP contribution in [-0.2, 0) is 6.42 Å². The van der Waals surface area contributed by atoms with Crippen LogP contribution in [-0.4, -0.2) is 4.92 Å². The third-order valence-electron chi connectivity index (χ3n) is 3.59. The Morgan fingerprint density at radius 3 is 2.55 bits per heavy atom. The van der Waals surface area contributed by atoms with Crippen LogP contribution in [0.2, 0.25) is 0 Å². The van der Waals surface area contributed by atoms with Crippen LogP contribution in [0.25, 0.3) is 11.6 Å². The first-order valence-electron chi connectivity index (χ1n) is 6.47. The minimum atomic E-state index is -0.386. The minimum absolute atomic E-state index is 0.114. The molecule has 2 aromatic rings. The van der Waals surface area contributed by atoms with Gasteiger partial charge in [-0.3, -0.25) is 10.1 Å². The third kappa shape index (κ3) is 2.28. The van der Waals surface area contributed by atoms with Gasteiger partial charge in [0.2, 0.25) is 0 Å². The Balaban J connectivity index is 1.95. The van der Waals surface area contributed by atoms with Crippen molar-refractivity contribution < 1.29 is 4.92 Å². The van der Waals surface area contributed by atoms with Gasteiger partial charge in [0, 0.05) is 17.8 Å². The predicted molar refractivity (Wildman–Crippen MR) is 80.1 cm³/mol. The molecule has 1 aliphatic carbocycles. The molecule has 20 heavy (non-hydrogen) atoms. The summed E-state index contributed by atoms with van der Waals surface area (Å²) in [6.45, 7) is 0. The molecule has 3 rings (SSSR count). The Morgan fingerprint density at radius 2 is 1.85 bits per heavy atom. The van der Waals surface area contributed by atoms with E-state index in [1.54, 1.807) is 12.1 Å². The van der Waals surface area contributed by atoms with Crippen molar-refractivity contribution in [1.82, 2.24) is 0 Å². The summed E-state index contributed by atoms with van der Waals surface area (Å²) >= 11 is 0. The summed E-state index contributed by atoms with van der Waals surface area (Å²) in [5, 5.41) is 10.6. The molecule has 2 aromatic carbocycles. The number of aryl methyl sites for hydroxylation is 1. The standard InChI is InChI=1S/C16H14N2O2/c17-14-6-5-12-3-4-13(16(12)10-14)9-11-1-7-15(8-2-11)18(19)20/h1-2,5-10H,3-4,17H2/b13-9-. The number of nitrogens with two attached hydrogens (primary N) is 1. The average Bonchev–Trinajstić information content (AvgIpc) is 2.82. The van der Waals surface area contributed by atoms with Gasteiger partial charge in [0.05, 0.1) is 4.92 Å². The van der Waals surface area contributed by atoms with Gasteiger partial charge < -0.3 is 5.73 Å². The van der Waals surface area contributed by atoms with Crippen molar-refractivity contribution in [3.05, 3.63) is 69.3 Å². The van der Waals surface area contributed by atoms with Gasteiger partial charge in [0.25, 0.3) is 5.69 Å². The average molecular weight is 266 g/mol. The second-order valence-electron chi connectivity index (χ2n) is 4.93. The van der Waals surface area contributed by atoms with Gasteiger partial charge in [-0.2, -0.15) is 0 Å². The van der Waals surface area contributed by atoms with Gasteiger partial charge >= 0.3 is 0 Å². The van der Waals surface area contributed by atoms with E-state index >= 15 is 0 Å². The first-order valence-corrected chi connectivity index (χ1v) is 6.47. The van der Waals surface area contributed by atoms with Crippen LogP contribution in [0.15, 0.2) is 42.5 Å². The number of nitro benzene ring substituents is 1. The lowest BCUT2D eigenvalue weighted by atomic mass is 10.0. The second-order valence-corrected chi connectivity index (χ2v) is 4.93. The maximum absolute atomic E-state index is 10.6. The summed E-state index contributed by atoms with van der Waals surface area (Å²) < 4.78 is 0. The Morgan fingerprint density at radius 1 is 1.10 bits per heavy atom. The predicted octanol–water partition coefficient (Wildman–Crippen LogP) is 3.66. The molecule has 0 bridgehead atoms. The molecule has 0 aromatic heterocycles. The van der Waals surface area contributed by atoms with E-state index in [1.807, 2.05) is 12.1 Å². The minimum Gasteiger partial charge on any atom is -0.399 e. The SMILES string of the molecule is Nc1ccc2c(c1)/C(=C\c1ccc([N+](=O)[O-])cc1)CC2. The van der Waals surface area contributed by atoms with Gasteiger partial charge in [-0.1, -0.05) is 12.1 Å². The molecule has 0 saturated heterocycles. The number of allylic oxidation sites excluding steroid dienone is 1. The van der Waals surface area contributed by atoms with Crippen LogP contribution in [0.3, 0.4) is 0 Å². The third-order valence-corrected chi connectivity index (χ3v) is 3.59. The van der Waals surface area contributed by atoms with Gasteiger partial charge in [-0.05, 0) is 59.4 Å². The Labute approximate surface area is 116 Å². The highest BCUT2D eigenvalue weighted by Gasteiger charge is 2.16. The number of hydrogen-bond donors (Lipinski definition) is 1. The van der Waals surface area contributed by atoms with Crippen molar-refractivity contribution in [2.45, 2.75) is 12.8 Å². The van der Waals surface area contributed by atoms with Crippen LogP contribution in [0.5, 0.6) is 0 Å². The van der Waals surface area contributed by atoms with Crippen molar-refractivity contribution in [2.75, 3.05) is 5.73 Å². The number of fused-ring (bicyclic) bond motifs is 1. The lowest BCUT2D eigenvalue weighted by molar-refractivity contribution is -0.384. The van der Waals surface area contributed by atoms with Crippen LogP contribution in [0.1, 0.15) is 23.1 Å². The zero-order chi connectivity index (χ0) is 14.1. The van der Waals surface area contributed by atoms with E-state index in [4.69, 9.17) is 5.73 Å². The number of nitrogens with zero attached hydrogens (tertiary/aromatic N) is 1. The molecule has 0 amide bonds. The lowest BCUT2D eigenvalue weighted by Gasteiger charge is -2.03. The van der Waals surface area contributed by atoms with Crippen LogP contribution < -0.4 is 5.73 Å². The molecule has 1 aliphatic rings. The van der Waals surface area contributed by atoms with Crippen LogP contribution >= 0.6 is 0 Å². The first-order chi connectivity index (χ1) is 9.63.